The lowest BCUT2D eigenvalue weighted by atomic mass is 10.1. The lowest BCUT2D eigenvalue weighted by Gasteiger charge is -2.23. The van der Waals surface area contributed by atoms with Gasteiger partial charge in [0.1, 0.15) is 5.75 Å². The highest BCUT2D eigenvalue weighted by atomic mass is 127. The third-order valence-corrected chi connectivity index (χ3v) is 2.86. The Kier molecular flexibility index (Phi) is 10.4. The molecule has 1 aromatic carbocycles. The van der Waals surface area contributed by atoms with E-state index >= 15 is 0 Å². The van der Waals surface area contributed by atoms with E-state index in [0.717, 1.165) is 18.3 Å². The summed E-state index contributed by atoms with van der Waals surface area (Å²) < 4.78 is 5.07. The number of amides is 1. The van der Waals surface area contributed by atoms with Crippen LogP contribution in [0.3, 0.4) is 0 Å². The van der Waals surface area contributed by atoms with Crippen LogP contribution in [0.25, 0.3) is 0 Å². The lowest BCUT2D eigenvalue weighted by Crippen LogP contribution is -2.47. The van der Waals surface area contributed by atoms with Gasteiger partial charge in [0.2, 0.25) is 0 Å². The first kappa shape index (κ1) is 22.5. The minimum absolute atomic E-state index is 0. The molecule has 6 nitrogen and oxygen atoms in total. The minimum atomic E-state index is -0.114. The fourth-order valence-electron chi connectivity index (χ4n) is 1.84. The zero-order chi connectivity index (χ0) is 17.3. The van der Waals surface area contributed by atoms with Gasteiger partial charge >= 0.3 is 0 Å². The van der Waals surface area contributed by atoms with Gasteiger partial charge in [-0.1, -0.05) is 0 Å². The van der Waals surface area contributed by atoms with Crippen LogP contribution >= 0.6 is 24.0 Å². The van der Waals surface area contributed by atoms with Gasteiger partial charge in [0, 0.05) is 24.2 Å². The van der Waals surface area contributed by atoms with Crippen molar-refractivity contribution < 1.29 is 9.53 Å². The fourth-order valence-corrected chi connectivity index (χ4v) is 1.84. The van der Waals surface area contributed by atoms with Gasteiger partial charge in [-0.15, -0.1) is 24.0 Å². The average Bonchev–Trinajstić information content (AvgIpc) is 2.50. The maximum Gasteiger partial charge on any atom is 0.251 e. The van der Waals surface area contributed by atoms with Crippen molar-refractivity contribution in [2.24, 2.45) is 4.99 Å². The number of nitrogens with zero attached hydrogens (tertiary/aromatic N) is 1. The van der Waals surface area contributed by atoms with E-state index in [1.54, 1.807) is 31.4 Å². The van der Waals surface area contributed by atoms with E-state index in [-0.39, 0.29) is 35.4 Å². The maximum atomic E-state index is 12.0. The van der Waals surface area contributed by atoms with Gasteiger partial charge in [-0.25, -0.2) is 0 Å². The van der Waals surface area contributed by atoms with Crippen LogP contribution in [0, 0.1) is 0 Å². The molecule has 24 heavy (non-hydrogen) atoms. The Hall–Kier alpha value is -1.51. The number of benzene rings is 1. The van der Waals surface area contributed by atoms with Gasteiger partial charge in [-0.3, -0.25) is 9.79 Å². The standard InChI is InChI=1S/C17H28N4O2.HI/c1-6-18-16(21-17(2,3)4)20-12-11-19-15(22)13-7-9-14(23-5)10-8-13;/h7-10H,6,11-12H2,1-5H3,(H,19,22)(H2,18,20,21);1H. The predicted octanol–water partition coefficient (Wildman–Crippen LogP) is 2.40. The summed E-state index contributed by atoms with van der Waals surface area (Å²) in [7, 11) is 1.60. The highest BCUT2D eigenvalue weighted by molar-refractivity contribution is 14.0. The van der Waals surface area contributed by atoms with Crippen LogP contribution in [-0.2, 0) is 0 Å². The Morgan fingerprint density at radius 1 is 1.17 bits per heavy atom. The number of hydrogen-bond donors (Lipinski definition) is 3. The molecule has 7 heteroatoms. The van der Waals surface area contributed by atoms with Crippen molar-refractivity contribution in [3.63, 3.8) is 0 Å². The highest BCUT2D eigenvalue weighted by Gasteiger charge is 2.11. The van der Waals surface area contributed by atoms with Crippen molar-refractivity contribution in [1.29, 1.82) is 0 Å². The second kappa shape index (κ2) is 11.1. The zero-order valence-corrected chi connectivity index (χ0v) is 17.4. The second-order valence-electron chi connectivity index (χ2n) is 6.12. The second-order valence-corrected chi connectivity index (χ2v) is 6.12. The number of guanidine groups is 1. The topological polar surface area (TPSA) is 74.8 Å². The minimum Gasteiger partial charge on any atom is -0.497 e. The molecule has 1 amide bonds. The van der Waals surface area contributed by atoms with Gasteiger partial charge in [-0.2, -0.15) is 0 Å². The Bertz CT molecular complexity index is 524. The molecule has 0 aliphatic rings. The number of hydrogen-bond acceptors (Lipinski definition) is 3. The van der Waals surface area contributed by atoms with Crippen LogP contribution in [0.5, 0.6) is 5.75 Å². The molecule has 0 saturated heterocycles. The fraction of sp³-hybridized carbons (Fsp3) is 0.529. The van der Waals surface area contributed by atoms with Crippen LogP contribution in [-0.4, -0.2) is 44.1 Å². The molecule has 1 aromatic rings. The molecule has 0 aliphatic carbocycles. The SMILES string of the molecule is CCNC(=NCCNC(=O)c1ccc(OC)cc1)NC(C)(C)C.I. The van der Waals surface area contributed by atoms with E-state index in [9.17, 15) is 4.79 Å². The molecule has 0 unspecified atom stereocenters. The van der Waals surface area contributed by atoms with Crippen molar-refractivity contribution >= 4 is 35.8 Å². The van der Waals surface area contributed by atoms with E-state index in [0.29, 0.717) is 18.7 Å². The Labute approximate surface area is 161 Å². The first-order chi connectivity index (χ1) is 10.9. The molecule has 136 valence electrons. The molecule has 0 spiro atoms. The molecule has 3 N–H and O–H groups in total. The molecule has 1 rings (SSSR count). The van der Waals surface area contributed by atoms with E-state index in [2.05, 4.69) is 41.7 Å². The largest absolute Gasteiger partial charge is 0.497 e. The Morgan fingerprint density at radius 2 is 1.79 bits per heavy atom. The number of rotatable bonds is 6. The monoisotopic (exact) mass is 448 g/mol. The van der Waals surface area contributed by atoms with E-state index in [1.165, 1.54) is 0 Å². The molecular formula is C17H29IN4O2. The smallest absolute Gasteiger partial charge is 0.251 e. The summed E-state index contributed by atoms with van der Waals surface area (Å²) in [5.74, 6) is 1.37. The first-order valence-corrected chi connectivity index (χ1v) is 7.84. The number of aliphatic imine (C=N–C) groups is 1. The summed E-state index contributed by atoms with van der Waals surface area (Å²) in [6, 6.07) is 7.01. The molecule has 0 radical (unpaired) electrons. The number of halogens is 1. The van der Waals surface area contributed by atoms with E-state index in [1.807, 2.05) is 6.92 Å². The van der Waals surface area contributed by atoms with Crippen LogP contribution in [0.1, 0.15) is 38.1 Å². The molecule has 0 bridgehead atoms. The number of carbonyl (C=O) groups excluding carboxylic acids is 1. The molecule has 0 aromatic heterocycles. The van der Waals surface area contributed by atoms with E-state index in [4.69, 9.17) is 4.74 Å². The van der Waals surface area contributed by atoms with Gasteiger partial charge in [0.25, 0.3) is 5.91 Å². The first-order valence-electron chi connectivity index (χ1n) is 7.84. The summed E-state index contributed by atoms with van der Waals surface area (Å²) in [5.41, 5.74) is 0.544. The molecule has 0 heterocycles. The van der Waals surface area contributed by atoms with Crippen LogP contribution < -0.4 is 20.7 Å². The van der Waals surface area contributed by atoms with Gasteiger partial charge < -0.3 is 20.7 Å². The van der Waals surface area contributed by atoms with Crippen LogP contribution in [0.15, 0.2) is 29.3 Å². The third kappa shape index (κ3) is 8.95. The molecule has 0 aliphatic heterocycles. The van der Waals surface area contributed by atoms with Gasteiger partial charge in [0.15, 0.2) is 5.96 Å². The van der Waals surface area contributed by atoms with Crippen molar-refractivity contribution in [2.45, 2.75) is 33.2 Å². The maximum absolute atomic E-state index is 12.0. The van der Waals surface area contributed by atoms with Crippen molar-refractivity contribution in [1.82, 2.24) is 16.0 Å². The Morgan fingerprint density at radius 3 is 2.29 bits per heavy atom. The van der Waals surface area contributed by atoms with Crippen molar-refractivity contribution in [3.8, 4) is 5.75 Å². The van der Waals surface area contributed by atoms with Crippen LogP contribution in [0.4, 0.5) is 0 Å². The van der Waals surface area contributed by atoms with Crippen molar-refractivity contribution in [3.05, 3.63) is 29.8 Å². The number of nitrogens with one attached hydrogen (secondary N) is 3. The number of methoxy groups -OCH3 is 1. The summed E-state index contributed by atoms with van der Waals surface area (Å²) >= 11 is 0. The average molecular weight is 448 g/mol. The summed E-state index contributed by atoms with van der Waals surface area (Å²) in [5, 5.41) is 9.34. The third-order valence-electron chi connectivity index (χ3n) is 2.86. The van der Waals surface area contributed by atoms with Gasteiger partial charge in [-0.05, 0) is 52.0 Å². The molecular weight excluding hydrogens is 419 g/mol. The van der Waals surface area contributed by atoms with Gasteiger partial charge in [0.05, 0.1) is 13.7 Å². The Balaban J connectivity index is 0.00000529. The number of carbonyl (C=O) groups is 1. The predicted molar refractivity (Wildman–Crippen MR) is 110 cm³/mol. The molecule has 0 saturated carbocycles. The summed E-state index contributed by atoms with van der Waals surface area (Å²) in [6.45, 7) is 10.0. The molecule has 0 atom stereocenters. The number of ether oxygens (including phenoxy) is 1. The van der Waals surface area contributed by atoms with Crippen LogP contribution in [0.2, 0.25) is 0 Å². The normalized spacial score (nSPS) is 11.3. The summed E-state index contributed by atoms with van der Waals surface area (Å²) in [4.78, 5) is 16.5. The zero-order valence-electron chi connectivity index (χ0n) is 15.1. The summed E-state index contributed by atoms with van der Waals surface area (Å²) in [6.07, 6.45) is 0. The quantitative estimate of drug-likeness (QED) is 0.271. The highest BCUT2D eigenvalue weighted by Crippen LogP contribution is 2.10. The van der Waals surface area contributed by atoms with E-state index < -0.39 is 0 Å². The molecule has 0 fully saturated rings. The van der Waals surface area contributed by atoms with Crippen molar-refractivity contribution in [2.75, 3.05) is 26.7 Å². The lowest BCUT2D eigenvalue weighted by molar-refractivity contribution is 0.0954.